The first kappa shape index (κ1) is 19.6. The molecule has 29 heavy (non-hydrogen) atoms. The number of aryl methyl sites for hydroxylation is 1. The SMILES string of the molecule is COc1ccccc1CCC(=O)N1C[C@H]2C[C@@H](Nc3cnccn3)[C@H](O)C[C@H]2C1. The summed E-state index contributed by atoms with van der Waals surface area (Å²) in [6, 6.07) is 7.78. The number of benzene rings is 1. The van der Waals surface area contributed by atoms with Crippen LogP contribution in [-0.2, 0) is 11.2 Å². The van der Waals surface area contributed by atoms with Crippen LogP contribution in [0.2, 0.25) is 0 Å². The van der Waals surface area contributed by atoms with E-state index in [2.05, 4.69) is 15.3 Å². The third kappa shape index (κ3) is 4.50. The fourth-order valence-electron chi connectivity index (χ4n) is 4.66. The van der Waals surface area contributed by atoms with Gasteiger partial charge < -0.3 is 20.1 Å². The zero-order valence-corrected chi connectivity index (χ0v) is 16.7. The number of likely N-dealkylation sites (tertiary alicyclic amines) is 1. The Morgan fingerprint density at radius 3 is 2.79 bits per heavy atom. The molecule has 1 saturated heterocycles. The molecule has 154 valence electrons. The Bertz CT molecular complexity index is 832. The van der Waals surface area contributed by atoms with Gasteiger partial charge in [-0.2, -0.15) is 0 Å². The molecule has 2 N–H and O–H groups in total. The molecule has 0 spiro atoms. The molecule has 0 unspecified atom stereocenters. The third-order valence-corrected chi connectivity index (χ3v) is 6.19. The van der Waals surface area contributed by atoms with Gasteiger partial charge in [0.1, 0.15) is 11.6 Å². The summed E-state index contributed by atoms with van der Waals surface area (Å²) in [4.78, 5) is 23.1. The minimum Gasteiger partial charge on any atom is -0.496 e. The highest BCUT2D eigenvalue weighted by Gasteiger charge is 2.42. The summed E-state index contributed by atoms with van der Waals surface area (Å²) in [7, 11) is 1.66. The van der Waals surface area contributed by atoms with E-state index in [4.69, 9.17) is 4.74 Å². The van der Waals surface area contributed by atoms with E-state index >= 15 is 0 Å². The van der Waals surface area contributed by atoms with Gasteiger partial charge in [-0.05, 0) is 42.7 Å². The van der Waals surface area contributed by atoms with Crippen molar-refractivity contribution in [2.24, 2.45) is 11.8 Å². The van der Waals surface area contributed by atoms with Crippen molar-refractivity contribution in [1.29, 1.82) is 0 Å². The molecule has 2 aliphatic rings. The van der Waals surface area contributed by atoms with Gasteiger partial charge in [-0.25, -0.2) is 4.98 Å². The number of aromatic nitrogens is 2. The highest BCUT2D eigenvalue weighted by Crippen LogP contribution is 2.37. The molecule has 0 radical (unpaired) electrons. The number of methoxy groups -OCH3 is 1. The first-order chi connectivity index (χ1) is 14.1. The summed E-state index contributed by atoms with van der Waals surface area (Å²) >= 11 is 0. The van der Waals surface area contributed by atoms with Crippen molar-refractivity contribution in [2.75, 3.05) is 25.5 Å². The van der Waals surface area contributed by atoms with Crippen molar-refractivity contribution in [2.45, 2.75) is 37.8 Å². The van der Waals surface area contributed by atoms with Crippen LogP contribution in [0.3, 0.4) is 0 Å². The van der Waals surface area contributed by atoms with Crippen LogP contribution >= 0.6 is 0 Å². The molecule has 1 saturated carbocycles. The smallest absolute Gasteiger partial charge is 0.222 e. The van der Waals surface area contributed by atoms with E-state index in [0.29, 0.717) is 36.9 Å². The average Bonchev–Trinajstić information content (AvgIpc) is 3.16. The third-order valence-electron chi connectivity index (χ3n) is 6.19. The van der Waals surface area contributed by atoms with Gasteiger partial charge in [0.15, 0.2) is 0 Å². The van der Waals surface area contributed by atoms with E-state index in [9.17, 15) is 9.90 Å². The first-order valence-corrected chi connectivity index (χ1v) is 10.2. The van der Waals surface area contributed by atoms with E-state index in [1.807, 2.05) is 29.2 Å². The molecule has 2 heterocycles. The fraction of sp³-hybridized carbons (Fsp3) is 0.500. The van der Waals surface area contributed by atoms with E-state index < -0.39 is 6.10 Å². The number of ether oxygens (including phenoxy) is 1. The number of para-hydroxylation sites is 1. The number of rotatable bonds is 6. The number of fused-ring (bicyclic) bond motifs is 1. The van der Waals surface area contributed by atoms with Crippen LogP contribution in [0, 0.1) is 11.8 Å². The number of aliphatic hydroxyl groups is 1. The predicted molar refractivity (Wildman–Crippen MR) is 110 cm³/mol. The predicted octanol–water partition coefficient (Wildman–Crippen LogP) is 2.13. The summed E-state index contributed by atoms with van der Waals surface area (Å²) in [6.45, 7) is 1.51. The van der Waals surface area contributed by atoms with Crippen molar-refractivity contribution in [3.05, 3.63) is 48.4 Å². The van der Waals surface area contributed by atoms with Crippen LogP contribution in [0.1, 0.15) is 24.8 Å². The normalized spacial score (nSPS) is 26.1. The zero-order chi connectivity index (χ0) is 20.2. The molecule has 1 aromatic heterocycles. The average molecular weight is 396 g/mol. The summed E-state index contributed by atoms with van der Waals surface area (Å²) in [6.07, 6.45) is 7.18. The lowest BCUT2D eigenvalue weighted by atomic mass is 9.77. The fourth-order valence-corrected chi connectivity index (χ4v) is 4.66. The maximum absolute atomic E-state index is 12.8. The Balaban J connectivity index is 1.32. The molecule has 1 aromatic carbocycles. The Hall–Kier alpha value is -2.67. The molecule has 0 bridgehead atoms. The minimum atomic E-state index is -0.443. The lowest BCUT2D eigenvalue weighted by molar-refractivity contribution is -0.130. The monoisotopic (exact) mass is 396 g/mol. The van der Waals surface area contributed by atoms with Crippen LogP contribution in [0.4, 0.5) is 5.82 Å². The van der Waals surface area contributed by atoms with Crippen molar-refractivity contribution in [3.8, 4) is 5.75 Å². The van der Waals surface area contributed by atoms with Gasteiger partial charge in [0.25, 0.3) is 0 Å². The van der Waals surface area contributed by atoms with E-state index in [0.717, 1.165) is 30.8 Å². The molecule has 4 atom stereocenters. The number of aliphatic hydroxyl groups excluding tert-OH is 1. The van der Waals surface area contributed by atoms with Gasteiger partial charge in [0, 0.05) is 31.9 Å². The molecule has 1 aliphatic heterocycles. The van der Waals surface area contributed by atoms with Gasteiger partial charge in [-0.1, -0.05) is 18.2 Å². The van der Waals surface area contributed by atoms with Crippen LogP contribution in [0.5, 0.6) is 5.75 Å². The van der Waals surface area contributed by atoms with E-state index in [-0.39, 0.29) is 11.9 Å². The molecule has 2 fully saturated rings. The Kier molecular flexibility index (Phi) is 5.94. The minimum absolute atomic E-state index is 0.0587. The van der Waals surface area contributed by atoms with Crippen LogP contribution in [0.15, 0.2) is 42.9 Å². The van der Waals surface area contributed by atoms with Gasteiger partial charge in [0.2, 0.25) is 5.91 Å². The first-order valence-electron chi connectivity index (χ1n) is 10.2. The van der Waals surface area contributed by atoms with Crippen molar-refractivity contribution in [1.82, 2.24) is 14.9 Å². The Labute approximate surface area is 171 Å². The van der Waals surface area contributed by atoms with Crippen LogP contribution in [0.25, 0.3) is 0 Å². The molecule has 1 amide bonds. The number of carbonyl (C=O) groups is 1. The van der Waals surface area contributed by atoms with Crippen molar-refractivity contribution >= 4 is 11.7 Å². The standard InChI is InChI=1S/C22H28N4O3/c1-29-20-5-3-2-4-15(20)6-7-22(28)26-13-16-10-18(19(27)11-17(16)14-26)25-21-12-23-8-9-24-21/h2-5,8-9,12,16-19,27H,6-7,10-11,13-14H2,1H3,(H,24,25)/t16-,17+,18-,19-/m1/s1. The summed E-state index contributed by atoms with van der Waals surface area (Å²) < 4.78 is 5.38. The summed E-state index contributed by atoms with van der Waals surface area (Å²) in [5.41, 5.74) is 1.06. The summed E-state index contributed by atoms with van der Waals surface area (Å²) in [5.74, 6) is 2.45. The van der Waals surface area contributed by atoms with Gasteiger partial charge in [0.05, 0.1) is 25.5 Å². The van der Waals surface area contributed by atoms with Gasteiger partial charge >= 0.3 is 0 Å². The van der Waals surface area contributed by atoms with Crippen LogP contribution in [-0.4, -0.2) is 58.2 Å². The highest BCUT2D eigenvalue weighted by molar-refractivity contribution is 5.77. The summed E-state index contributed by atoms with van der Waals surface area (Å²) in [5, 5.41) is 13.9. The number of carbonyl (C=O) groups excluding carboxylic acids is 1. The number of anilines is 1. The lowest BCUT2D eigenvalue weighted by Crippen LogP contribution is -2.43. The second-order valence-corrected chi connectivity index (χ2v) is 8.01. The second kappa shape index (κ2) is 8.78. The molecule has 4 rings (SSSR count). The van der Waals surface area contributed by atoms with Crippen molar-refractivity contribution < 1.29 is 14.6 Å². The van der Waals surface area contributed by atoms with Crippen LogP contribution < -0.4 is 10.1 Å². The van der Waals surface area contributed by atoms with Gasteiger partial charge in [-0.3, -0.25) is 9.78 Å². The lowest BCUT2D eigenvalue weighted by Gasteiger charge is -2.35. The molecule has 7 heteroatoms. The van der Waals surface area contributed by atoms with E-state index in [1.165, 1.54) is 0 Å². The number of hydrogen-bond donors (Lipinski definition) is 2. The number of hydrogen-bond acceptors (Lipinski definition) is 6. The maximum atomic E-state index is 12.8. The zero-order valence-electron chi connectivity index (χ0n) is 16.7. The van der Waals surface area contributed by atoms with Crippen molar-refractivity contribution in [3.63, 3.8) is 0 Å². The van der Waals surface area contributed by atoms with E-state index in [1.54, 1.807) is 25.7 Å². The molecule has 7 nitrogen and oxygen atoms in total. The molecular weight excluding hydrogens is 368 g/mol. The quantitative estimate of drug-likeness (QED) is 0.778. The Morgan fingerprint density at radius 2 is 2.03 bits per heavy atom. The number of nitrogens with zero attached hydrogens (tertiary/aromatic N) is 3. The van der Waals surface area contributed by atoms with Gasteiger partial charge in [-0.15, -0.1) is 0 Å². The maximum Gasteiger partial charge on any atom is 0.222 e. The second-order valence-electron chi connectivity index (χ2n) is 8.01. The number of nitrogens with one attached hydrogen (secondary N) is 1. The highest BCUT2D eigenvalue weighted by atomic mass is 16.5. The number of amides is 1. The largest absolute Gasteiger partial charge is 0.496 e. The molecule has 2 aromatic rings. The Morgan fingerprint density at radius 1 is 1.24 bits per heavy atom. The molecular formula is C22H28N4O3. The molecule has 1 aliphatic carbocycles. The topological polar surface area (TPSA) is 87.6 Å².